The van der Waals surface area contributed by atoms with E-state index in [2.05, 4.69) is 26.8 Å². The minimum absolute atomic E-state index is 0.0809. The highest BCUT2D eigenvalue weighted by Crippen LogP contribution is 2.31. The Labute approximate surface area is 88.5 Å². The predicted octanol–water partition coefficient (Wildman–Crippen LogP) is 4.08. The molecule has 1 heteroatoms. The number of unbranched alkanes of at least 4 members (excludes halogenated alkanes) is 2. The van der Waals surface area contributed by atoms with E-state index in [1.54, 1.807) is 0 Å². The standard InChI is InChI=1S/C13H24O/c1-4-6-7-9-13(5-2)11-12(3)8-10-14-13/h11H,4-10H2,1-3H3. The van der Waals surface area contributed by atoms with Crippen molar-refractivity contribution >= 4 is 0 Å². The highest BCUT2D eigenvalue weighted by atomic mass is 16.5. The van der Waals surface area contributed by atoms with Crippen molar-refractivity contribution < 1.29 is 4.74 Å². The van der Waals surface area contributed by atoms with Crippen molar-refractivity contribution in [2.24, 2.45) is 0 Å². The molecule has 82 valence electrons. The van der Waals surface area contributed by atoms with Crippen molar-refractivity contribution in [2.75, 3.05) is 6.61 Å². The number of hydrogen-bond acceptors (Lipinski definition) is 1. The Bertz CT molecular complexity index is 195. The second-order valence-corrected chi connectivity index (χ2v) is 4.46. The summed E-state index contributed by atoms with van der Waals surface area (Å²) < 4.78 is 5.96. The molecule has 1 unspecified atom stereocenters. The van der Waals surface area contributed by atoms with E-state index in [1.165, 1.54) is 31.3 Å². The van der Waals surface area contributed by atoms with Crippen molar-refractivity contribution in [2.45, 2.75) is 64.9 Å². The highest BCUT2D eigenvalue weighted by Gasteiger charge is 2.28. The van der Waals surface area contributed by atoms with Gasteiger partial charge in [-0.2, -0.15) is 0 Å². The fourth-order valence-electron chi connectivity index (χ4n) is 2.18. The van der Waals surface area contributed by atoms with Crippen LogP contribution in [0, 0.1) is 0 Å². The van der Waals surface area contributed by atoms with Gasteiger partial charge in [-0.25, -0.2) is 0 Å². The highest BCUT2D eigenvalue weighted by molar-refractivity contribution is 5.12. The molecule has 0 saturated carbocycles. The van der Waals surface area contributed by atoms with Gasteiger partial charge >= 0.3 is 0 Å². The molecule has 0 aromatic carbocycles. The molecule has 0 spiro atoms. The Balaban J connectivity index is 2.52. The SMILES string of the molecule is CCCCCC1(CC)C=C(C)CCO1. The first kappa shape index (κ1) is 11.8. The fourth-order valence-corrected chi connectivity index (χ4v) is 2.18. The molecule has 0 aliphatic carbocycles. The van der Waals surface area contributed by atoms with Gasteiger partial charge in [0.25, 0.3) is 0 Å². The van der Waals surface area contributed by atoms with Crippen LogP contribution in [0.15, 0.2) is 11.6 Å². The van der Waals surface area contributed by atoms with E-state index in [1.807, 2.05) is 0 Å². The van der Waals surface area contributed by atoms with E-state index in [-0.39, 0.29) is 5.60 Å². The number of rotatable bonds is 5. The van der Waals surface area contributed by atoms with Crippen molar-refractivity contribution in [1.82, 2.24) is 0 Å². The average Bonchev–Trinajstić information content (AvgIpc) is 2.18. The van der Waals surface area contributed by atoms with Crippen LogP contribution in [0.3, 0.4) is 0 Å². The van der Waals surface area contributed by atoms with Gasteiger partial charge in [0.15, 0.2) is 0 Å². The summed E-state index contributed by atoms with van der Waals surface area (Å²) in [6.45, 7) is 7.64. The second-order valence-electron chi connectivity index (χ2n) is 4.46. The third kappa shape index (κ3) is 3.13. The summed E-state index contributed by atoms with van der Waals surface area (Å²) in [7, 11) is 0. The monoisotopic (exact) mass is 196 g/mol. The summed E-state index contributed by atoms with van der Waals surface area (Å²) in [6, 6.07) is 0. The summed E-state index contributed by atoms with van der Waals surface area (Å²) in [5, 5.41) is 0. The first-order valence-corrected chi connectivity index (χ1v) is 6.05. The van der Waals surface area contributed by atoms with E-state index in [4.69, 9.17) is 4.74 Å². The normalized spacial score (nSPS) is 27.5. The van der Waals surface area contributed by atoms with Crippen molar-refractivity contribution in [1.29, 1.82) is 0 Å². The third-order valence-electron chi connectivity index (χ3n) is 3.20. The topological polar surface area (TPSA) is 9.23 Å². The molecule has 0 aromatic rings. The Kier molecular flexibility index (Phi) is 4.67. The summed E-state index contributed by atoms with van der Waals surface area (Å²) in [5.74, 6) is 0. The molecular formula is C13H24O. The molecular weight excluding hydrogens is 172 g/mol. The molecule has 0 bridgehead atoms. The quantitative estimate of drug-likeness (QED) is 0.475. The average molecular weight is 196 g/mol. The molecule has 14 heavy (non-hydrogen) atoms. The Hall–Kier alpha value is -0.300. The predicted molar refractivity (Wildman–Crippen MR) is 61.5 cm³/mol. The molecule has 1 aliphatic heterocycles. The van der Waals surface area contributed by atoms with Crippen molar-refractivity contribution in [3.63, 3.8) is 0 Å². The number of ether oxygens (including phenoxy) is 1. The summed E-state index contributed by atoms with van der Waals surface area (Å²) in [4.78, 5) is 0. The van der Waals surface area contributed by atoms with Crippen LogP contribution in [-0.4, -0.2) is 12.2 Å². The van der Waals surface area contributed by atoms with Gasteiger partial charge in [-0.3, -0.25) is 0 Å². The van der Waals surface area contributed by atoms with Crippen LogP contribution in [0.1, 0.15) is 59.3 Å². The smallest absolute Gasteiger partial charge is 0.0862 e. The van der Waals surface area contributed by atoms with Gasteiger partial charge in [0.1, 0.15) is 0 Å². The van der Waals surface area contributed by atoms with Gasteiger partial charge in [0.05, 0.1) is 12.2 Å². The van der Waals surface area contributed by atoms with Crippen LogP contribution in [0.25, 0.3) is 0 Å². The lowest BCUT2D eigenvalue weighted by Gasteiger charge is -2.34. The van der Waals surface area contributed by atoms with E-state index in [0.29, 0.717) is 0 Å². The maximum Gasteiger partial charge on any atom is 0.0862 e. The van der Waals surface area contributed by atoms with Gasteiger partial charge in [-0.1, -0.05) is 44.8 Å². The molecule has 0 aromatic heterocycles. The minimum atomic E-state index is 0.0809. The van der Waals surface area contributed by atoms with Crippen LogP contribution < -0.4 is 0 Å². The Morgan fingerprint density at radius 3 is 2.71 bits per heavy atom. The molecule has 1 aliphatic rings. The molecule has 0 radical (unpaired) electrons. The molecule has 1 rings (SSSR count). The molecule has 0 saturated heterocycles. The van der Waals surface area contributed by atoms with Gasteiger partial charge < -0.3 is 4.74 Å². The van der Waals surface area contributed by atoms with Gasteiger partial charge in [0, 0.05) is 0 Å². The van der Waals surface area contributed by atoms with E-state index in [9.17, 15) is 0 Å². The zero-order valence-electron chi connectivity index (χ0n) is 9.94. The van der Waals surface area contributed by atoms with Gasteiger partial charge in [-0.15, -0.1) is 0 Å². The van der Waals surface area contributed by atoms with E-state index < -0.39 is 0 Å². The lowest BCUT2D eigenvalue weighted by atomic mass is 9.88. The second kappa shape index (κ2) is 5.55. The zero-order chi connectivity index (χ0) is 10.4. The van der Waals surface area contributed by atoms with E-state index in [0.717, 1.165) is 19.4 Å². The molecule has 1 nitrogen and oxygen atoms in total. The first-order chi connectivity index (χ1) is 6.72. The third-order valence-corrected chi connectivity index (χ3v) is 3.20. The molecule has 1 heterocycles. The fraction of sp³-hybridized carbons (Fsp3) is 0.846. The van der Waals surface area contributed by atoms with Crippen LogP contribution in [-0.2, 0) is 4.74 Å². The Morgan fingerprint density at radius 2 is 2.14 bits per heavy atom. The zero-order valence-corrected chi connectivity index (χ0v) is 9.94. The maximum atomic E-state index is 5.96. The van der Waals surface area contributed by atoms with Crippen LogP contribution in [0.2, 0.25) is 0 Å². The first-order valence-electron chi connectivity index (χ1n) is 6.05. The largest absolute Gasteiger partial charge is 0.371 e. The van der Waals surface area contributed by atoms with Crippen LogP contribution in [0.5, 0.6) is 0 Å². The van der Waals surface area contributed by atoms with Gasteiger partial charge in [-0.05, 0) is 26.2 Å². The number of hydrogen-bond donors (Lipinski definition) is 0. The van der Waals surface area contributed by atoms with Crippen LogP contribution >= 0.6 is 0 Å². The summed E-state index contributed by atoms with van der Waals surface area (Å²) >= 11 is 0. The maximum absolute atomic E-state index is 5.96. The molecule has 0 amide bonds. The molecule has 0 N–H and O–H groups in total. The van der Waals surface area contributed by atoms with Crippen LogP contribution in [0.4, 0.5) is 0 Å². The van der Waals surface area contributed by atoms with E-state index >= 15 is 0 Å². The lowest BCUT2D eigenvalue weighted by molar-refractivity contribution is -0.0266. The minimum Gasteiger partial charge on any atom is -0.371 e. The molecule has 1 atom stereocenters. The lowest BCUT2D eigenvalue weighted by Crippen LogP contribution is -2.33. The van der Waals surface area contributed by atoms with Crippen molar-refractivity contribution in [3.8, 4) is 0 Å². The molecule has 0 fully saturated rings. The van der Waals surface area contributed by atoms with Crippen molar-refractivity contribution in [3.05, 3.63) is 11.6 Å². The van der Waals surface area contributed by atoms with Gasteiger partial charge in [0.2, 0.25) is 0 Å². The Morgan fingerprint density at radius 1 is 1.36 bits per heavy atom. The summed E-state index contributed by atoms with van der Waals surface area (Å²) in [5.41, 5.74) is 1.59. The summed E-state index contributed by atoms with van der Waals surface area (Å²) in [6.07, 6.45) is 9.74.